The maximum absolute atomic E-state index is 12.1. The van der Waals surface area contributed by atoms with Crippen molar-refractivity contribution < 1.29 is 14.3 Å². The third kappa shape index (κ3) is 4.07. The Labute approximate surface area is 172 Å². The van der Waals surface area contributed by atoms with Crippen molar-refractivity contribution in [1.82, 2.24) is 20.1 Å². The molecule has 2 aromatic carbocycles. The molecule has 1 saturated carbocycles. The first-order valence-electron chi connectivity index (χ1n) is 9.55. The molecule has 0 saturated heterocycles. The Morgan fingerprint density at radius 1 is 1.10 bits per heavy atom. The van der Waals surface area contributed by atoms with Crippen LogP contribution in [0.5, 0.6) is 11.5 Å². The molecule has 1 N–H and O–H groups in total. The minimum Gasteiger partial charge on any atom is -0.454 e. The third-order valence-electron chi connectivity index (χ3n) is 4.80. The summed E-state index contributed by atoms with van der Waals surface area (Å²) in [5.74, 6) is 2.64. The first-order chi connectivity index (χ1) is 14.3. The van der Waals surface area contributed by atoms with Gasteiger partial charge in [-0.15, -0.1) is 10.2 Å². The van der Waals surface area contributed by atoms with Crippen LogP contribution in [0.2, 0.25) is 0 Å². The molecule has 1 aliphatic heterocycles. The van der Waals surface area contributed by atoms with E-state index in [2.05, 4.69) is 15.5 Å². The minimum atomic E-state index is 0.0383. The number of amides is 1. The van der Waals surface area contributed by atoms with Crippen LogP contribution in [0.25, 0.3) is 11.4 Å². The molecule has 1 fully saturated rings. The number of carbonyl (C=O) groups excluding carboxylic acids is 1. The average molecular weight is 408 g/mol. The van der Waals surface area contributed by atoms with E-state index in [4.69, 9.17) is 9.47 Å². The maximum Gasteiger partial charge on any atom is 0.231 e. The number of hydrogen-bond acceptors (Lipinski definition) is 6. The lowest BCUT2D eigenvalue weighted by Crippen LogP contribution is -2.27. The number of nitrogens with zero attached hydrogens (tertiary/aromatic N) is 3. The second-order valence-corrected chi connectivity index (χ2v) is 8.02. The fourth-order valence-corrected chi connectivity index (χ4v) is 3.94. The smallest absolute Gasteiger partial charge is 0.231 e. The molecule has 7 nitrogen and oxygen atoms in total. The van der Waals surface area contributed by atoms with Gasteiger partial charge in [-0.25, -0.2) is 0 Å². The molecule has 0 bridgehead atoms. The molecule has 0 unspecified atom stereocenters. The molecule has 0 spiro atoms. The summed E-state index contributed by atoms with van der Waals surface area (Å²) in [6.45, 7) is 0.818. The van der Waals surface area contributed by atoms with Gasteiger partial charge in [0.25, 0.3) is 0 Å². The van der Waals surface area contributed by atoms with E-state index < -0.39 is 0 Å². The number of thioether (sulfide) groups is 1. The maximum atomic E-state index is 12.1. The van der Waals surface area contributed by atoms with E-state index >= 15 is 0 Å². The standard InChI is InChI=1S/C21H20N4O3S/c26-19(22-16-7-8-16)12-29-21-24-23-20(15-4-2-1-3-5-15)25(21)11-14-6-9-17-18(10-14)28-13-27-17/h1-6,9-10,16H,7-8,11-13H2,(H,22,26). The van der Waals surface area contributed by atoms with Crippen molar-refractivity contribution in [2.24, 2.45) is 0 Å². The van der Waals surface area contributed by atoms with Gasteiger partial charge in [0.2, 0.25) is 12.7 Å². The number of aromatic nitrogens is 3. The minimum absolute atomic E-state index is 0.0383. The van der Waals surface area contributed by atoms with E-state index in [0.29, 0.717) is 23.5 Å². The van der Waals surface area contributed by atoms with Gasteiger partial charge >= 0.3 is 0 Å². The zero-order valence-electron chi connectivity index (χ0n) is 15.7. The van der Waals surface area contributed by atoms with Crippen LogP contribution < -0.4 is 14.8 Å². The first kappa shape index (κ1) is 18.1. The van der Waals surface area contributed by atoms with Gasteiger partial charge in [-0.1, -0.05) is 48.2 Å². The molecule has 3 aromatic rings. The van der Waals surface area contributed by atoms with E-state index in [-0.39, 0.29) is 12.7 Å². The summed E-state index contributed by atoms with van der Waals surface area (Å²) in [4.78, 5) is 12.1. The Hall–Kier alpha value is -3.00. The molecule has 0 atom stereocenters. The Kier molecular flexibility index (Phi) is 4.85. The van der Waals surface area contributed by atoms with Gasteiger partial charge in [0.1, 0.15) is 0 Å². The number of benzene rings is 2. The van der Waals surface area contributed by atoms with Crippen molar-refractivity contribution in [2.45, 2.75) is 30.6 Å². The molecule has 1 amide bonds. The fraction of sp³-hybridized carbons (Fsp3) is 0.286. The summed E-state index contributed by atoms with van der Waals surface area (Å²) in [5, 5.41) is 12.5. The topological polar surface area (TPSA) is 78.3 Å². The monoisotopic (exact) mass is 408 g/mol. The molecule has 1 aromatic heterocycles. The first-order valence-corrected chi connectivity index (χ1v) is 10.5. The van der Waals surface area contributed by atoms with Crippen molar-refractivity contribution in [2.75, 3.05) is 12.5 Å². The van der Waals surface area contributed by atoms with Crippen LogP contribution in [0.15, 0.2) is 53.7 Å². The summed E-state index contributed by atoms with van der Waals surface area (Å²) in [7, 11) is 0. The van der Waals surface area contributed by atoms with Gasteiger partial charge in [0, 0.05) is 11.6 Å². The molecular weight excluding hydrogens is 388 g/mol. The summed E-state index contributed by atoms with van der Waals surface area (Å²) in [5.41, 5.74) is 2.03. The summed E-state index contributed by atoms with van der Waals surface area (Å²) in [6.07, 6.45) is 2.16. The van der Waals surface area contributed by atoms with Crippen molar-refractivity contribution in [3.63, 3.8) is 0 Å². The van der Waals surface area contributed by atoms with Crippen LogP contribution in [0.3, 0.4) is 0 Å². The molecule has 2 heterocycles. The molecule has 0 radical (unpaired) electrons. The quantitative estimate of drug-likeness (QED) is 0.606. The summed E-state index contributed by atoms with van der Waals surface area (Å²) < 4.78 is 13.0. The fourth-order valence-electron chi connectivity index (χ4n) is 3.19. The highest BCUT2D eigenvalue weighted by molar-refractivity contribution is 7.99. The zero-order chi connectivity index (χ0) is 19.6. The highest BCUT2D eigenvalue weighted by atomic mass is 32.2. The third-order valence-corrected chi connectivity index (χ3v) is 5.77. The Balaban J connectivity index is 1.41. The number of hydrogen-bond donors (Lipinski definition) is 1. The Bertz CT molecular complexity index is 1030. The van der Waals surface area contributed by atoms with Crippen LogP contribution in [-0.2, 0) is 11.3 Å². The van der Waals surface area contributed by atoms with Gasteiger partial charge < -0.3 is 14.8 Å². The molecule has 5 rings (SSSR count). The Morgan fingerprint density at radius 3 is 2.76 bits per heavy atom. The predicted molar refractivity (Wildman–Crippen MR) is 109 cm³/mol. The largest absolute Gasteiger partial charge is 0.454 e. The summed E-state index contributed by atoms with van der Waals surface area (Å²) in [6, 6.07) is 16.2. The van der Waals surface area contributed by atoms with E-state index in [1.54, 1.807) is 0 Å². The zero-order valence-corrected chi connectivity index (χ0v) is 16.5. The van der Waals surface area contributed by atoms with Crippen LogP contribution in [-0.4, -0.2) is 39.3 Å². The second kappa shape index (κ2) is 7.79. The highest BCUT2D eigenvalue weighted by Gasteiger charge is 2.24. The number of carbonyl (C=O) groups is 1. The number of fused-ring (bicyclic) bond motifs is 1. The Morgan fingerprint density at radius 2 is 1.93 bits per heavy atom. The molecule has 8 heteroatoms. The van der Waals surface area contributed by atoms with Crippen molar-refractivity contribution in [3.8, 4) is 22.9 Å². The van der Waals surface area contributed by atoms with Gasteiger partial charge in [0.15, 0.2) is 22.5 Å². The van der Waals surface area contributed by atoms with Gasteiger partial charge in [-0.3, -0.25) is 9.36 Å². The SMILES string of the molecule is O=C(CSc1nnc(-c2ccccc2)n1Cc1ccc2c(c1)OCO2)NC1CC1. The molecule has 29 heavy (non-hydrogen) atoms. The number of ether oxygens (including phenoxy) is 2. The second-order valence-electron chi connectivity index (χ2n) is 7.08. The molecule has 1 aliphatic carbocycles. The van der Waals surface area contributed by atoms with Gasteiger partial charge in [0.05, 0.1) is 12.3 Å². The normalized spacial score (nSPS) is 14.8. The van der Waals surface area contributed by atoms with E-state index in [9.17, 15) is 4.79 Å². The van der Waals surface area contributed by atoms with Gasteiger partial charge in [-0.2, -0.15) is 0 Å². The molecule has 148 valence electrons. The highest BCUT2D eigenvalue weighted by Crippen LogP contribution is 2.33. The van der Waals surface area contributed by atoms with Gasteiger partial charge in [-0.05, 0) is 30.5 Å². The van der Waals surface area contributed by atoms with E-state index in [0.717, 1.165) is 41.3 Å². The van der Waals surface area contributed by atoms with E-state index in [1.807, 2.05) is 53.1 Å². The average Bonchev–Trinajstić information content (AvgIpc) is 3.28. The lowest BCUT2D eigenvalue weighted by atomic mass is 10.2. The predicted octanol–water partition coefficient (Wildman–Crippen LogP) is 3.09. The van der Waals surface area contributed by atoms with Crippen molar-refractivity contribution in [1.29, 1.82) is 0 Å². The van der Waals surface area contributed by atoms with Crippen LogP contribution in [0.4, 0.5) is 0 Å². The van der Waals surface area contributed by atoms with Crippen LogP contribution >= 0.6 is 11.8 Å². The lowest BCUT2D eigenvalue weighted by molar-refractivity contribution is -0.118. The van der Waals surface area contributed by atoms with Crippen molar-refractivity contribution >= 4 is 17.7 Å². The lowest BCUT2D eigenvalue weighted by Gasteiger charge is -2.11. The number of rotatable bonds is 7. The molecular formula is C21H20N4O3S. The summed E-state index contributed by atoms with van der Waals surface area (Å²) >= 11 is 1.41. The van der Waals surface area contributed by atoms with Crippen LogP contribution in [0, 0.1) is 0 Å². The number of nitrogens with one attached hydrogen (secondary N) is 1. The molecule has 2 aliphatic rings. The van der Waals surface area contributed by atoms with E-state index in [1.165, 1.54) is 11.8 Å². The van der Waals surface area contributed by atoms with Crippen LogP contribution in [0.1, 0.15) is 18.4 Å². The van der Waals surface area contributed by atoms with Crippen molar-refractivity contribution in [3.05, 3.63) is 54.1 Å².